The highest BCUT2D eigenvalue weighted by molar-refractivity contribution is 6.03. The number of nitrogens with one attached hydrogen (secondary N) is 1. The van der Waals surface area contributed by atoms with Gasteiger partial charge in [-0.25, -0.2) is 0 Å². The van der Waals surface area contributed by atoms with E-state index in [0.717, 1.165) is 21.5 Å². The Morgan fingerprint density at radius 3 is 2.23 bits per heavy atom. The van der Waals surface area contributed by atoms with Gasteiger partial charge in [0.2, 0.25) is 0 Å². The zero-order chi connectivity index (χ0) is 15.5. The van der Waals surface area contributed by atoms with Crippen molar-refractivity contribution in [3.63, 3.8) is 0 Å². The Bertz CT molecular complexity index is 870. The average Bonchev–Trinajstić information content (AvgIpc) is 2.56. The van der Waals surface area contributed by atoms with Crippen LogP contribution in [0, 0.1) is 0 Å². The molecule has 22 heavy (non-hydrogen) atoms. The quantitative estimate of drug-likeness (QED) is 0.597. The summed E-state index contributed by atoms with van der Waals surface area (Å²) >= 11 is 0. The van der Waals surface area contributed by atoms with Gasteiger partial charge in [-0.3, -0.25) is 9.59 Å². The normalized spacial score (nSPS) is 10.6. The Morgan fingerprint density at radius 2 is 1.55 bits per heavy atom. The minimum atomic E-state index is -0.472. The molecule has 0 unspecified atom stereocenters. The Hall–Kier alpha value is -2.88. The van der Waals surface area contributed by atoms with Crippen molar-refractivity contribution < 1.29 is 14.3 Å². The molecule has 3 rings (SSSR count). The highest BCUT2D eigenvalue weighted by Gasteiger charge is 2.09. The summed E-state index contributed by atoms with van der Waals surface area (Å²) in [5.41, 5.74) is 0.520. The van der Waals surface area contributed by atoms with Crippen LogP contribution in [0.4, 0.5) is 0 Å². The molecule has 3 aromatic carbocycles. The van der Waals surface area contributed by atoms with Crippen molar-refractivity contribution >= 4 is 33.4 Å². The summed E-state index contributed by atoms with van der Waals surface area (Å²) in [6.45, 7) is -0.134. The number of amides is 1. The van der Waals surface area contributed by atoms with Gasteiger partial charge in [-0.1, -0.05) is 30.3 Å². The first-order valence-electron chi connectivity index (χ1n) is 6.95. The number of esters is 1. The predicted molar refractivity (Wildman–Crippen MR) is 85.8 cm³/mol. The summed E-state index contributed by atoms with van der Waals surface area (Å²) < 4.78 is 4.50. The minimum Gasteiger partial charge on any atom is -0.468 e. The van der Waals surface area contributed by atoms with Gasteiger partial charge in [0.25, 0.3) is 5.91 Å². The van der Waals surface area contributed by atoms with Gasteiger partial charge in [-0.15, -0.1) is 0 Å². The average molecular weight is 293 g/mol. The van der Waals surface area contributed by atoms with Crippen LogP contribution in [0.5, 0.6) is 0 Å². The van der Waals surface area contributed by atoms with Crippen LogP contribution in [0.25, 0.3) is 21.5 Å². The first-order chi connectivity index (χ1) is 10.7. The second-order valence-electron chi connectivity index (χ2n) is 5.02. The number of hydrogen-bond acceptors (Lipinski definition) is 3. The van der Waals surface area contributed by atoms with E-state index in [2.05, 4.69) is 28.3 Å². The van der Waals surface area contributed by atoms with Crippen molar-refractivity contribution in [1.82, 2.24) is 5.32 Å². The summed E-state index contributed by atoms with van der Waals surface area (Å²) in [5, 5.41) is 6.89. The molecule has 0 bridgehead atoms. The summed E-state index contributed by atoms with van der Waals surface area (Å²) in [4.78, 5) is 23.1. The lowest BCUT2D eigenvalue weighted by Gasteiger charge is -2.06. The molecule has 0 aliphatic rings. The molecule has 1 N–H and O–H groups in total. The smallest absolute Gasteiger partial charge is 0.325 e. The summed E-state index contributed by atoms with van der Waals surface area (Å²) in [5.74, 6) is -0.763. The highest BCUT2D eigenvalue weighted by atomic mass is 16.5. The number of rotatable bonds is 3. The number of fused-ring (bicyclic) bond motifs is 2. The molecule has 0 atom stereocenters. The molecule has 3 aromatic rings. The van der Waals surface area contributed by atoms with Crippen molar-refractivity contribution in [2.45, 2.75) is 0 Å². The molecule has 0 spiro atoms. The van der Waals surface area contributed by atoms with E-state index in [0.29, 0.717) is 5.56 Å². The molecule has 0 saturated heterocycles. The fraction of sp³-hybridized carbons (Fsp3) is 0.111. The van der Waals surface area contributed by atoms with Gasteiger partial charge in [0.15, 0.2) is 0 Å². The van der Waals surface area contributed by atoms with Crippen LogP contribution in [0.2, 0.25) is 0 Å². The zero-order valence-corrected chi connectivity index (χ0v) is 12.1. The first-order valence-corrected chi connectivity index (χ1v) is 6.95. The van der Waals surface area contributed by atoms with Crippen LogP contribution < -0.4 is 5.32 Å². The second-order valence-corrected chi connectivity index (χ2v) is 5.02. The lowest BCUT2D eigenvalue weighted by Crippen LogP contribution is -2.30. The zero-order valence-electron chi connectivity index (χ0n) is 12.1. The molecule has 0 aliphatic carbocycles. The monoisotopic (exact) mass is 293 g/mol. The summed E-state index contributed by atoms with van der Waals surface area (Å²) in [7, 11) is 1.29. The van der Waals surface area contributed by atoms with Crippen molar-refractivity contribution in [2.75, 3.05) is 13.7 Å². The molecule has 4 heteroatoms. The second kappa shape index (κ2) is 5.85. The molecule has 0 saturated carbocycles. The number of ether oxygens (including phenoxy) is 1. The molecule has 0 aromatic heterocycles. The molecule has 110 valence electrons. The Labute approximate surface area is 127 Å². The minimum absolute atomic E-state index is 0.134. The van der Waals surface area contributed by atoms with Crippen LogP contribution in [0.3, 0.4) is 0 Å². The predicted octanol–water partition coefficient (Wildman–Crippen LogP) is 2.90. The molecular weight excluding hydrogens is 278 g/mol. The van der Waals surface area contributed by atoms with Crippen LogP contribution in [-0.2, 0) is 9.53 Å². The number of hydrogen-bond donors (Lipinski definition) is 1. The van der Waals surface area contributed by atoms with Crippen LogP contribution in [0.1, 0.15) is 10.4 Å². The highest BCUT2D eigenvalue weighted by Crippen LogP contribution is 2.23. The van der Waals surface area contributed by atoms with Crippen LogP contribution >= 0.6 is 0 Å². The first kappa shape index (κ1) is 14.1. The van der Waals surface area contributed by atoms with Gasteiger partial charge >= 0.3 is 5.97 Å². The van der Waals surface area contributed by atoms with E-state index in [-0.39, 0.29) is 12.5 Å². The van der Waals surface area contributed by atoms with E-state index in [4.69, 9.17) is 0 Å². The van der Waals surface area contributed by atoms with E-state index in [9.17, 15) is 9.59 Å². The number of carbonyl (C=O) groups is 2. The fourth-order valence-electron chi connectivity index (χ4n) is 2.41. The third-order valence-electron chi connectivity index (χ3n) is 3.59. The number of carbonyl (C=O) groups excluding carboxylic acids is 2. The van der Waals surface area contributed by atoms with Crippen LogP contribution in [0.15, 0.2) is 54.6 Å². The van der Waals surface area contributed by atoms with E-state index >= 15 is 0 Å². The number of benzene rings is 3. The van der Waals surface area contributed by atoms with Gasteiger partial charge in [-0.05, 0) is 45.8 Å². The molecule has 0 fully saturated rings. The Balaban J connectivity index is 1.93. The van der Waals surface area contributed by atoms with Crippen molar-refractivity contribution in [3.8, 4) is 0 Å². The molecular formula is C18H15NO3. The third kappa shape index (κ3) is 2.76. The van der Waals surface area contributed by atoms with Crippen molar-refractivity contribution in [1.29, 1.82) is 0 Å². The summed E-state index contributed by atoms with van der Waals surface area (Å²) in [6.07, 6.45) is 0. The van der Waals surface area contributed by atoms with Crippen LogP contribution in [-0.4, -0.2) is 25.5 Å². The van der Waals surface area contributed by atoms with Gasteiger partial charge in [-0.2, -0.15) is 0 Å². The van der Waals surface area contributed by atoms with E-state index < -0.39 is 5.97 Å². The van der Waals surface area contributed by atoms with E-state index in [1.165, 1.54) is 7.11 Å². The Kier molecular flexibility index (Phi) is 3.74. The molecule has 0 aliphatic heterocycles. The van der Waals surface area contributed by atoms with E-state index in [1.54, 1.807) is 6.07 Å². The van der Waals surface area contributed by atoms with Gasteiger partial charge < -0.3 is 10.1 Å². The standard InChI is InChI=1S/C18H15NO3/c1-22-17(20)11-19-18(21)15-7-6-14-8-12-4-2-3-5-13(12)9-16(14)10-15/h2-10H,11H2,1H3,(H,19,21). The van der Waals surface area contributed by atoms with E-state index in [1.807, 2.05) is 30.3 Å². The molecule has 0 radical (unpaired) electrons. The maximum atomic E-state index is 12.1. The fourth-order valence-corrected chi connectivity index (χ4v) is 2.41. The van der Waals surface area contributed by atoms with Gasteiger partial charge in [0, 0.05) is 5.56 Å². The topological polar surface area (TPSA) is 55.4 Å². The number of methoxy groups -OCH3 is 1. The van der Waals surface area contributed by atoms with Gasteiger partial charge in [0.1, 0.15) is 6.54 Å². The summed E-state index contributed by atoms with van der Waals surface area (Å²) in [6, 6.07) is 17.7. The third-order valence-corrected chi connectivity index (χ3v) is 3.59. The molecule has 4 nitrogen and oxygen atoms in total. The lowest BCUT2D eigenvalue weighted by atomic mass is 10.0. The molecule has 0 heterocycles. The maximum Gasteiger partial charge on any atom is 0.325 e. The maximum absolute atomic E-state index is 12.1. The SMILES string of the molecule is COC(=O)CNC(=O)c1ccc2cc3ccccc3cc2c1. The van der Waals surface area contributed by atoms with Crippen molar-refractivity contribution in [3.05, 3.63) is 60.2 Å². The Morgan fingerprint density at radius 1 is 0.909 bits per heavy atom. The largest absolute Gasteiger partial charge is 0.468 e. The lowest BCUT2D eigenvalue weighted by molar-refractivity contribution is -0.139. The molecule has 1 amide bonds. The van der Waals surface area contributed by atoms with Gasteiger partial charge in [0.05, 0.1) is 7.11 Å². The van der Waals surface area contributed by atoms with Crippen molar-refractivity contribution in [2.24, 2.45) is 0 Å².